The van der Waals surface area contributed by atoms with E-state index >= 15 is 0 Å². The lowest BCUT2D eigenvalue weighted by Gasteiger charge is -2.15. The zero-order valence-corrected chi connectivity index (χ0v) is 12.9. The molecule has 114 valence electrons. The van der Waals surface area contributed by atoms with Crippen molar-refractivity contribution in [2.24, 2.45) is 11.7 Å². The summed E-state index contributed by atoms with van der Waals surface area (Å²) < 4.78 is 0. The Kier molecular flexibility index (Phi) is 5.61. The van der Waals surface area contributed by atoms with Crippen LogP contribution in [-0.2, 0) is 11.2 Å². The number of amides is 2. The fourth-order valence-electron chi connectivity index (χ4n) is 2.10. The average molecular weight is 314 g/mol. The monoisotopic (exact) mass is 314 g/mol. The van der Waals surface area contributed by atoms with Gasteiger partial charge in [0.2, 0.25) is 11.8 Å². The first-order valence-corrected chi connectivity index (χ1v) is 7.59. The second kappa shape index (κ2) is 7.66. The highest BCUT2D eigenvalue weighted by Crippen LogP contribution is 2.15. The van der Waals surface area contributed by atoms with E-state index < -0.39 is 5.91 Å². The van der Waals surface area contributed by atoms with Crippen LogP contribution in [0.1, 0.15) is 15.9 Å². The highest BCUT2D eigenvalue weighted by molar-refractivity contribution is 7.80. The summed E-state index contributed by atoms with van der Waals surface area (Å²) >= 11 is 4.27. The minimum atomic E-state index is -0.491. The summed E-state index contributed by atoms with van der Waals surface area (Å²) in [5, 5.41) is 2.84. The Hall–Kier alpha value is -2.27. The molecular weight excluding hydrogens is 296 g/mol. The van der Waals surface area contributed by atoms with Crippen LogP contribution in [-0.4, -0.2) is 17.6 Å². The van der Waals surface area contributed by atoms with E-state index in [0.29, 0.717) is 23.4 Å². The van der Waals surface area contributed by atoms with Gasteiger partial charge < -0.3 is 11.1 Å². The summed E-state index contributed by atoms with van der Waals surface area (Å²) in [5.74, 6) is -0.345. The first-order chi connectivity index (χ1) is 10.6. The van der Waals surface area contributed by atoms with Crippen molar-refractivity contribution >= 4 is 30.1 Å². The molecule has 0 aliphatic carbocycles. The number of benzene rings is 2. The first-order valence-electron chi connectivity index (χ1n) is 6.95. The molecule has 2 aromatic rings. The molecule has 0 bridgehead atoms. The zero-order chi connectivity index (χ0) is 15.9. The van der Waals surface area contributed by atoms with E-state index in [2.05, 4.69) is 17.9 Å². The molecule has 3 N–H and O–H groups in total. The van der Waals surface area contributed by atoms with Crippen molar-refractivity contribution in [3.63, 3.8) is 0 Å². The summed E-state index contributed by atoms with van der Waals surface area (Å²) in [6.07, 6.45) is 0.634. The molecule has 1 unspecified atom stereocenters. The van der Waals surface area contributed by atoms with E-state index in [-0.39, 0.29) is 11.8 Å². The number of hydrogen-bond acceptors (Lipinski definition) is 3. The van der Waals surface area contributed by atoms with Crippen molar-refractivity contribution in [2.75, 3.05) is 11.1 Å². The van der Waals surface area contributed by atoms with Crippen molar-refractivity contribution in [1.82, 2.24) is 0 Å². The largest absolute Gasteiger partial charge is 0.366 e. The predicted molar refractivity (Wildman–Crippen MR) is 91.1 cm³/mol. The van der Waals surface area contributed by atoms with Crippen molar-refractivity contribution < 1.29 is 9.59 Å². The average Bonchev–Trinajstić information content (AvgIpc) is 2.54. The van der Waals surface area contributed by atoms with Crippen LogP contribution in [0.4, 0.5) is 5.69 Å². The van der Waals surface area contributed by atoms with Crippen molar-refractivity contribution in [3.8, 4) is 0 Å². The molecule has 22 heavy (non-hydrogen) atoms. The fraction of sp³-hybridized carbons (Fsp3) is 0.176. The first kappa shape index (κ1) is 16.1. The van der Waals surface area contributed by atoms with Gasteiger partial charge in [-0.3, -0.25) is 9.59 Å². The molecule has 5 heteroatoms. The summed E-state index contributed by atoms with van der Waals surface area (Å²) in [4.78, 5) is 23.3. The van der Waals surface area contributed by atoms with Crippen molar-refractivity contribution in [3.05, 3.63) is 65.7 Å². The zero-order valence-electron chi connectivity index (χ0n) is 12.0. The molecular formula is C17H18N2O2S. The van der Waals surface area contributed by atoms with E-state index in [1.165, 1.54) is 0 Å². The van der Waals surface area contributed by atoms with Crippen molar-refractivity contribution in [1.29, 1.82) is 0 Å². The highest BCUT2D eigenvalue weighted by Gasteiger charge is 2.17. The normalized spacial score (nSPS) is 11.7. The number of anilines is 1. The molecule has 2 aromatic carbocycles. The number of hydrogen-bond donors (Lipinski definition) is 3. The van der Waals surface area contributed by atoms with Gasteiger partial charge in [-0.1, -0.05) is 30.3 Å². The molecule has 4 nitrogen and oxygen atoms in total. The van der Waals surface area contributed by atoms with E-state index in [4.69, 9.17) is 5.73 Å². The number of nitrogens with two attached hydrogens (primary N) is 1. The van der Waals surface area contributed by atoms with Crippen LogP contribution < -0.4 is 11.1 Å². The van der Waals surface area contributed by atoms with Gasteiger partial charge in [-0.25, -0.2) is 0 Å². The van der Waals surface area contributed by atoms with Gasteiger partial charge in [-0.05, 0) is 36.2 Å². The number of nitrogens with one attached hydrogen (secondary N) is 1. The molecule has 1 atom stereocenters. The van der Waals surface area contributed by atoms with Crippen molar-refractivity contribution in [2.45, 2.75) is 6.42 Å². The van der Waals surface area contributed by atoms with Crippen LogP contribution >= 0.6 is 12.6 Å². The molecule has 0 heterocycles. The quantitative estimate of drug-likeness (QED) is 0.717. The Balaban J connectivity index is 2.01. The van der Waals surface area contributed by atoms with Gasteiger partial charge in [-0.2, -0.15) is 12.6 Å². The minimum Gasteiger partial charge on any atom is -0.366 e. The molecule has 0 aromatic heterocycles. The van der Waals surface area contributed by atoms with E-state index in [1.54, 1.807) is 24.3 Å². The molecule has 0 saturated heterocycles. The van der Waals surface area contributed by atoms with Gasteiger partial charge in [-0.15, -0.1) is 0 Å². The Morgan fingerprint density at radius 1 is 1.05 bits per heavy atom. The van der Waals surface area contributed by atoms with Gasteiger partial charge >= 0.3 is 0 Å². The summed E-state index contributed by atoms with van der Waals surface area (Å²) in [6.45, 7) is 0. The van der Waals surface area contributed by atoms with Gasteiger partial charge in [0, 0.05) is 17.0 Å². The predicted octanol–water partition coefficient (Wildman–Crippen LogP) is 2.51. The number of rotatable bonds is 6. The van der Waals surface area contributed by atoms with Crippen LogP contribution in [0.3, 0.4) is 0 Å². The van der Waals surface area contributed by atoms with Crippen LogP contribution in [0.25, 0.3) is 0 Å². The maximum absolute atomic E-state index is 12.3. The Morgan fingerprint density at radius 3 is 2.23 bits per heavy atom. The molecule has 0 aliphatic rings. The van der Waals surface area contributed by atoms with E-state index in [9.17, 15) is 9.59 Å². The maximum Gasteiger partial charge on any atom is 0.248 e. The summed E-state index contributed by atoms with van der Waals surface area (Å²) in [6, 6.07) is 16.3. The van der Waals surface area contributed by atoms with Crippen LogP contribution in [0.2, 0.25) is 0 Å². The molecule has 0 fully saturated rings. The SMILES string of the molecule is NC(=O)c1ccc(NC(=O)C(CS)Cc2ccccc2)cc1. The number of primary amides is 1. The third-order valence-corrected chi connectivity index (χ3v) is 3.79. The molecule has 0 spiro atoms. The molecule has 2 rings (SSSR count). The van der Waals surface area contributed by atoms with Crippen LogP contribution in [0.5, 0.6) is 0 Å². The van der Waals surface area contributed by atoms with Gasteiger partial charge in [0.25, 0.3) is 0 Å². The second-order valence-electron chi connectivity index (χ2n) is 5.00. The third-order valence-electron chi connectivity index (χ3n) is 3.35. The fourth-order valence-corrected chi connectivity index (χ4v) is 2.40. The standard InChI is InChI=1S/C17H18N2O2S/c18-16(20)13-6-8-15(9-7-13)19-17(21)14(11-22)10-12-4-2-1-3-5-12/h1-9,14,22H,10-11H2,(H2,18,20)(H,19,21). The molecule has 0 saturated carbocycles. The lowest BCUT2D eigenvalue weighted by Crippen LogP contribution is -2.26. The Labute approximate surface area is 135 Å². The maximum atomic E-state index is 12.3. The topological polar surface area (TPSA) is 72.2 Å². The van der Waals surface area contributed by atoms with Gasteiger partial charge in [0.15, 0.2) is 0 Å². The Bertz CT molecular complexity index is 641. The van der Waals surface area contributed by atoms with Gasteiger partial charge in [0.05, 0.1) is 5.92 Å². The number of thiol groups is 1. The second-order valence-corrected chi connectivity index (χ2v) is 5.37. The summed E-state index contributed by atoms with van der Waals surface area (Å²) in [7, 11) is 0. The van der Waals surface area contributed by atoms with Crippen LogP contribution in [0.15, 0.2) is 54.6 Å². The number of carbonyl (C=O) groups is 2. The molecule has 0 aliphatic heterocycles. The van der Waals surface area contributed by atoms with E-state index in [1.807, 2.05) is 30.3 Å². The highest BCUT2D eigenvalue weighted by atomic mass is 32.1. The van der Waals surface area contributed by atoms with E-state index in [0.717, 1.165) is 5.56 Å². The molecule has 0 radical (unpaired) electrons. The third kappa shape index (κ3) is 4.36. The number of carbonyl (C=O) groups excluding carboxylic acids is 2. The van der Waals surface area contributed by atoms with Gasteiger partial charge in [0.1, 0.15) is 0 Å². The Morgan fingerprint density at radius 2 is 1.68 bits per heavy atom. The smallest absolute Gasteiger partial charge is 0.248 e. The lowest BCUT2D eigenvalue weighted by atomic mass is 10.00. The summed E-state index contributed by atoms with van der Waals surface area (Å²) in [5.41, 5.74) is 7.33. The van der Waals surface area contributed by atoms with Crippen LogP contribution in [0, 0.1) is 5.92 Å². The minimum absolute atomic E-state index is 0.0920. The lowest BCUT2D eigenvalue weighted by molar-refractivity contribution is -0.119. The molecule has 2 amide bonds.